The lowest BCUT2D eigenvalue weighted by Crippen LogP contribution is -2.31. The second kappa shape index (κ2) is 7.65. The minimum absolute atomic E-state index is 0.132. The van der Waals surface area contributed by atoms with Crippen molar-refractivity contribution in [1.29, 1.82) is 0 Å². The van der Waals surface area contributed by atoms with Gasteiger partial charge < -0.3 is 19.5 Å². The van der Waals surface area contributed by atoms with E-state index in [2.05, 4.69) is 0 Å². The number of rotatable bonds is 5. The number of nitrogens with zero attached hydrogens (tertiary/aromatic N) is 1. The number of methoxy groups -OCH3 is 2. The van der Waals surface area contributed by atoms with Gasteiger partial charge in [-0.15, -0.1) is 0 Å². The van der Waals surface area contributed by atoms with Crippen LogP contribution in [0.5, 0.6) is 11.5 Å². The highest BCUT2D eigenvalue weighted by molar-refractivity contribution is 5.96. The summed E-state index contributed by atoms with van der Waals surface area (Å²) in [7, 11) is 3.09. The van der Waals surface area contributed by atoms with Crippen LogP contribution in [0.2, 0.25) is 0 Å². The van der Waals surface area contributed by atoms with Crippen LogP contribution in [0.3, 0.4) is 0 Å². The van der Waals surface area contributed by atoms with Crippen LogP contribution in [0.15, 0.2) is 36.4 Å². The Morgan fingerprint density at radius 3 is 2.48 bits per heavy atom. The number of amides is 1. The monoisotopic (exact) mass is 373 g/mol. The van der Waals surface area contributed by atoms with Gasteiger partial charge in [0.1, 0.15) is 5.82 Å². The molecule has 3 rings (SSSR count). The summed E-state index contributed by atoms with van der Waals surface area (Å²) < 4.78 is 24.9. The Kier molecular flexibility index (Phi) is 5.30. The molecule has 0 saturated carbocycles. The van der Waals surface area contributed by atoms with Crippen LogP contribution >= 0.6 is 0 Å². The first-order valence-electron chi connectivity index (χ1n) is 8.52. The lowest BCUT2D eigenvalue weighted by Gasteiger charge is -2.26. The van der Waals surface area contributed by atoms with E-state index in [4.69, 9.17) is 14.6 Å². The second-order valence-corrected chi connectivity index (χ2v) is 6.27. The van der Waals surface area contributed by atoms with Crippen LogP contribution in [0.25, 0.3) is 0 Å². The number of carbonyl (C=O) groups excluding carboxylic acids is 1. The molecule has 1 fully saturated rings. The first-order chi connectivity index (χ1) is 13.0. The summed E-state index contributed by atoms with van der Waals surface area (Å²) >= 11 is 0. The smallest absolute Gasteiger partial charge is 0.335 e. The van der Waals surface area contributed by atoms with Crippen LogP contribution in [0, 0.1) is 5.82 Å². The molecule has 1 heterocycles. The lowest BCUT2D eigenvalue weighted by atomic mass is 10.0. The van der Waals surface area contributed by atoms with Crippen molar-refractivity contribution in [1.82, 2.24) is 4.90 Å². The Balaban J connectivity index is 1.90. The minimum atomic E-state index is -1.24. The summed E-state index contributed by atoms with van der Waals surface area (Å²) in [5, 5.41) is 8.95. The van der Waals surface area contributed by atoms with E-state index in [1.165, 1.54) is 12.1 Å². The lowest BCUT2D eigenvalue weighted by molar-refractivity contribution is 0.0690. The summed E-state index contributed by atoms with van der Waals surface area (Å²) in [5.74, 6) is -1.38. The maximum Gasteiger partial charge on any atom is 0.335 e. The van der Waals surface area contributed by atoms with Crippen LogP contribution in [-0.2, 0) is 0 Å². The molecule has 1 aliphatic rings. The van der Waals surface area contributed by atoms with Crippen LogP contribution < -0.4 is 9.47 Å². The molecule has 7 heteroatoms. The highest BCUT2D eigenvalue weighted by Crippen LogP contribution is 2.37. The van der Waals surface area contributed by atoms with Gasteiger partial charge >= 0.3 is 5.97 Å². The topological polar surface area (TPSA) is 76.1 Å². The van der Waals surface area contributed by atoms with Gasteiger partial charge in [-0.2, -0.15) is 0 Å². The molecule has 0 spiro atoms. The fourth-order valence-electron chi connectivity index (χ4n) is 3.39. The van der Waals surface area contributed by atoms with Crippen molar-refractivity contribution in [3.05, 3.63) is 58.9 Å². The van der Waals surface area contributed by atoms with Crippen molar-refractivity contribution in [3.63, 3.8) is 0 Å². The molecule has 1 saturated heterocycles. The zero-order valence-electron chi connectivity index (χ0n) is 15.1. The molecule has 1 N–H and O–H groups in total. The average Bonchev–Trinajstić information content (AvgIpc) is 3.16. The van der Waals surface area contributed by atoms with Crippen molar-refractivity contribution in [3.8, 4) is 11.5 Å². The molecule has 0 radical (unpaired) electrons. The van der Waals surface area contributed by atoms with Gasteiger partial charge in [-0.25, -0.2) is 9.18 Å². The molecule has 0 aliphatic carbocycles. The first-order valence-corrected chi connectivity index (χ1v) is 8.52. The summed E-state index contributed by atoms with van der Waals surface area (Å²) in [6.07, 6.45) is 1.54. The van der Waals surface area contributed by atoms with Gasteiger partial charge in [0, 0.05) is 6.54 Å². The standard InChI is InChI=1S/C20H20FNO5/c1-26-17-8-6-12(11-18(17)27-2)16-4-3-9-22(16)19(23)14-7-5-13(20(24)25)10-15(14)21/h5-8,10-11,16H,3-4,9H2,1-2H3,(H,24,25). The maximum absolute atomic E-state index is 14.3. The largest absolute Gasteiger partial charge is 0.493 e. The molecule has 2 aromatic rings. The highest BCUT2D eigenvalue weighted by Gasteiger charge is 2.32. The molecule has 27 heavy (non-hydrogen) atoms. The number of benzene rings is 2. The van der Waals surface area contributed by atoms with E-state index >= 15 is 0 Å². The Morgan fingerprint density at radius 2 is 1.85 bits per heavy atom. The Labute approximate surface area is 156 Å². The Hall–Kier alpha value is -3.09. The minimum Gasteiger partial charge on any atom is -0.493 e. The SMILES string of the molecule is COc1ccc(C2CCCN2C(=O)c2ccc(C(=O)O)cc2F)cc1OC. The molecular formula is C20H20FNO5. The van der Waals surface area contributed by atoms with Gasteiger partial charge in [0.25, 0.3) is 5.91 Å². The predicted molar refractivity (Wildman–Crippen MR) is 95.9 cm³/mol. The zero-order valence-corrected chi connectivity index (χ0v) is 15.1. The van der Waals surface area contributed by atoms with E-state index in [1.54, 1.807) is 25.2 Å². The molecule has 1 aliphatic heterocycles. The number of carbonyl (C=O) groups is 2. The van der Waals surface area contributed by atoms with E-state index in [1.807, 2.05) is 12.1 Å². The van der Waals surface area contributed by atoms with Gasteiger partial charge in [0.2, 0.25) is 0 Å². The van der Waals surface area contributed by atoms with E-state index in [0.717, 1.165) is 24.5 Å². The number of hydrogen-bond acceptors (Lipinski definition) is 4. The third-order valence-corrected chi connectivity index (χ3v) is 4.75. The van der Waals surface area contributed by atoms with Crippen molar-refractivity contribution in [2.75, 3.05) is 20.8 Å². The molecule has 142 valence electrons. The normalized spacial score (nSPS) is 16.3. The molecule has 1 amide bonds. The van der Waals surface area contributed by atoms with Gasteiger partial charge in [-0.05, 0) is 48.7 Å². The summed E-state index contributed by atoms with van der Waals surface area (Å²) in [6.45, 7) is 0.498. The summed E-state index contributed by atoms with van der Waals surface area (Å²) in [4.78, 5) is 25.5. The second-order valence-electron chi connectivity index (χ2n) is 6.27. The van der Waals surface area contributed by atoms with E-state index < -0.39 is 17.7 Å². The van der Waals surface area contributed by atoms with Gasteiger partial charge in [0.05, 0.1) is 31.4 Å². The highest BCUT2D eigenvalue weighted by atomic mass is 19.1. The fourth-order valence-corrected chi connectivity index (χ4v) is 3.39. The first kappa shape index (κ1) is 18.7. The number of likely N-dealkylation sites (tertiary alicyclic amines) is 1. The van der Waals surface area contributed by atoms with Crippen LogP contribution in [0.4, 0.5) is 4.39 Å². The molecule has 1 unspecified atom stereocenters. The third-order valence-electron chi connectivity index (χ3n) is 4.75. The van der Waals surface area contributed by atoms with E-state index in [0.29, 0.717) is 18.0 Å². The number of hydrogen-bond donors (Lipinski definition) is 1. The van der Waals surface area contributed by atoms with Crippen molar-refractivity contribution in [2.45, 2.75) is 18.9 Å². The third kappa shape index (κ3) is 3.58. The Bertz CT molecular complexity index is 883. The molecule has 2 aromatic carbocycles. The number of carboxylic acids is 1. The summed E-state index contributed by atoms with van der Waals surface area (Å²) in [5.41, 5.74) is 0.551. The number of carboxylic acid groups (broad SMARTS) is 1. The van der Waals surface area contributed by atoms with Gasteiger partial charge in [-0.3, -0.25) is 4.79 Å². The van der Waals surface area contributed by atoms with Crippen molar-refractivity contribution >= 4 is 11.9 Å². The Morgan fingerprint density at radius 1 is 1.11 bits per heavy atom. The molecule has 0 aromatic heterocycles. The number of aromatic carboxylic acids is 1. The van der Waals surface area contributed by atoms with E-state index in [-0.39, 0.29) is 17.2 Å². The zero-order chi connectivity index (χ0) is 19.6. The van der Waals surface area contributed by atoms with E-state index in [9.17, 15) is 14.0 Å². The maximum atomic E-state index is 14.3. The number of ether oxygens (including phenoxy) is 2. The number of halogens is 1. The average molecular weight is 373 g/mol. The van der Waals surface area contributed by atoms with Crippen molar-refractivity contribution in [2.24, 2.45) is 0 Å². The molecule has 0 bridgehead atoms. The molecular weight excluding hydrogens is 353 g/mol. The predicted octanol–water partition coefficient (Wildman–Crippen LogP) is 3.52. The van der Waals surface area contributed by atoms with Crippen molar-refractivity contribution < 1.29 is 28.6 Å². The van der Waals surface area contributed by atoms with Gasteiger partial charge in [-0.1, -0.05) is 6.07 Å². The summed E-state index contributed by atoms with van der Waals surface area (Å²) in [6, 6.07) is 8.58. The van der Waals surface area contributed by atoms with Crippen LogP contribution in [0.1, 0.15) is 45.2 Å². The molecule has 6 nitrogen and oxygen atoms in total. The van der Waals surface area contributed by atoms with Gasteiger partial charge in [0.15, 0.2) is 11.5 Å². The van der Waals surface area contributed by atoms with Crippen LogP contribution in [-0.4, -0.2) is 42.6 Å². The molecule has 1 atom stereocenters. The quantitative estimate of drug-likeness (QED) is 0.868. The fraction of sp³-hybridized carbons (Fsp3) is 0.300.